The number of rotatable bonds is 1. The summed E-state index contributed by atoms with van der Waals surface area (Å²) in [5.74, 6) is -0.112. The third kappa shape index (κ3) is 2.30. The molecule has 1 aromatic rings. The predicted octanol–water partition coefficient (Wildman–Crippen LogP) is 0.261. The van der Waals surface area contributed by atoms with E-state index in [2.05, 4.69) is 4.98 Å². The lowest BCUT2D eigenvalue weighted by molar-refractivity contribution is 0.0541. The molecule has 0 saturated carbocycles. The van der Waals surface area contributed by atoms with E-state index in [1.807, 2.05) is 0 Å². The first-order valence-corrected chi connectivity index (χ1v) is 5.35. The Morgan fingerprint density at radius 2 is 2.19 bits per heavy atom. The number of anilines is 1. The number of aromatic nitrogens is 1. The summed E-state index contributed by atoms with van der Waals surface area (Å²) in [6, 6.07) is 3.23. The van der Waals surface area contributed by atoms with Gasteiger partial charge in [0.25, 0.3) is 5.91 Å². The Morgan fingerprint density at radius 3 is 2.81 bits per heavy atom. The van der Waals surface area contributed by atoms with Gasteiger partial charge in [0.05, 0.1) is 6.10 Å². The molecule has 1 fully saturated rings. The molecule has 1 aromatic heterocycles. The largest absolute Gasteiger partial charge is 0.399 e. The third-order valence-corrected chi connectivity index (χ3v) is 2.75. The Hall–Kier alpha value is -1.62. The van der Waals surface area contributed by atoms with E-state index in [1.54, 1.807) is 17.0 Å². The Labute approximate surface area is 93.9 Å². The van der Waals surface area contributed by atoms with Crippen molar-refractivity contribution in [2.45, 2.75) is 18.9 Å². The Morgan fingerprint density at radius 1 is 1.50 bits per heavy atom. The molecule has 1 amide bonds. The van der Waals surface area contributed by atoms with Crippen molar-refractivity contribution in [3.63, 3.8) is 0 Å². The van der Waals surface area contributed by atoms with Crippen LogP contribution in [0.25, 0.3) is 0 Å². The number of pyridine rings is 1. The van der Waals surface area contributed by atoms with Crippen molar-refractivity contribution >= 4 is 11.6 Å². The van der Waals surface area contributed by atoms with Crippen molar-refractivity contribution < 1.29 is 9.90 Å². The van der Waals surface area contributed by atoms with Crippen LogP contribution in [0.1, 0.15) is 23.3 Å². The molecule has 0 bridgehead atoms. The predicted molar refractivity (Wildman–Crippen MR) is 59.8 cm³/mol. The molecule has 86 valence electrons. The number of likely N-dealkylation sites (tertiary alicyclic amines) is 1. The maximum atomic E-state index is 12.0. The van der Waals surface area contributed by atoms with Crippen LogP contribution in [0.4, 0.5) is 5.69 Å². The summed E-state index contributed by atoms with van der Waals surface area (Å²) in [5.41, 5.74) is 6.51. The Bertz CT molecular complexity index is 387. The van der Waals surface area contributed by atoms with Gasteiger partial charge in [0.15, 0.2) is 0 Å². The first-order valence-electron chi connectivity index (χ1n) is 5.35. The number of carbonyl (C=O) groups is 1. The molecule has 0 aromatic carbocycles. The summed E-state index contributed by atoms with van der Waals surface area (Å²) < 4.78 is 0. The fourth-order valence-electron chi connectivity index (χ4n) is 1.79. The minimum absolute atomic E-state index is 0.112. The smallest absolute Gasteiger partial charge is 0.272 e. The maximum absolute atomic E-state index is 12.0. The molecule has 2 heterocycles. The number of hydrogen-bond donors (Lipinski definition) is 2. The molecule has 1 saturated heterocycles. The standard InChI is InChI=1S/C11H15N3O2/c12-8-1-4-13-10(7-8)11(16)14-5-2-9(15)3-6-14/h1,4,7,9,15H,2-3,5-6H2,(H2,12,13). The van der Waals surface area contributed by atoms with Crippen molar-refractivity contribution in [3.8, 4) is 0 Å². The lowest BCUT2D eigenvalue weighted by Gasteiger charge is -2.29. The van der Waals surface area contributed by atoms with E-state index >= 15 is 0 Å². The minimum Gasteiger partial charge on any atom is -0.399 e. The van der Waals surface area contributed by atoms with Gasteiger partial charge in [-0.25, -0.2) is 0 Å². The summed E-state index contributed by atoms with van der Waals surface area (Å²) in [4.78, 5) is 17.7. The second-order valence-electron chi connectivity index (χ2n) is 4.00. The molecule has 0 aliphatic carbocycles. The number of aliphatic hydroxyl groups excluding tert-OH is 1. The average molecular weight is 221 g/mol. The molecule has 5 heteroatoms. The lowest BCUT2D eigenvalue weighted by atomic mass is 10.1. The van der Waals surface area contributed by atoms with E-state index in [1.165, 1.54) is 6.20 Å². The van der Waals surface area contributed by atoms with Gasteiger partial charge < -0.3 is 15.7 Å². The normalized spacial score (nSPS) is 17.4. The van der Waals surface area contributed by atoms with E-state index in [0.29, 0.717) is 37.3 Å². The zero-order chi connectivity index (χ0) is 11.5. The Balaban J connectivity index is 2.08. The van der Waals surface area contributed by atoms with Crippen molar-refractivity contribution in [1.82, 2.24) is 9.88 Å². The maximum Gasteiger partial charge on any atom is 0.272 e. The molecule has 3 N–H and O–H groups in total. The summed E-state index contributed by atoms with van der Waals surface area (Å²) in [6.45, 7) is 1.16. The molecule has 0 atom stereocenters. The molecule has 1 aliphatic heterocycles. The van der Waals surface area contributed by atoms with Crippen LogP contribution in [-0.4, -0.2) is 40.1 Å². The van der Waals surface area contributed by atoms with Gasteiger partial charge in [-0.1, -0.05) is 0 Å². The summed E-state index contributed by atoms with van der Waals surface area (Å²) in [7, 11) is 0. The number of carbonyl (C=O) groups excluding carboxylic acids is 1. The van der Waals surface area contributed by atoms with Gasteiger partial charge in [0, 0.05) is 25.0 Å². The fraction of sp³-hybridized carbons (Fsp3) is 0.455. The van der Waals surface area contributed by atoms with Crippen LogP contribution in [0.3, 0.4) is 0 Å². The number of nitrogens with two attached hydrogens (primary N) is 1. The van der Waals surface area contributed by atoms with Crippen molar-refractivity contribution in [3.05, 3.63) is 24.0 Å². The zero-order valence-corrected chi connectivity index (χ0v) is 8.97. The minimum atomic E-state index is -0.280. The first kappa shape index (κ1) is 10.9. The highest BCUT2D eigenvalue weighted by Crippen LogP contribution is 2.13. The van der Waals surface area contributed by atoms with Gasteiger partial charge in [-0.15, -0.1) is 0 Å². The van der Waals surface area contributed by atoms with Gasteiger partial charge >= 0.3 is 0 Å². The van der Waals surface area contributed by atoms with Gasteiger partial charge in [-0.2, -0.15) is 0 Å². The monoisotopic (exact) mass is 221 g/mol. The van der Waals surface area contributed by atoms with Crippen LogP contribution in [0.15, 0.2) is 18.3 Å². The lowest BCUT2D eigenvalue weighted by Crippen LogP contribution is -2.40. The second-order valence-corrected chi connectivity index (χ2v) is 4.00. The molecule has 2 rings (SSSR count). The average Bonchev–Trinajstić information content (AvgIpc) is 2.29. The fourth-order valence-corrected chi connectivity index (χ4v) is 1.79. The van der Waals surface area contributed by atoms with Crippen LogP contribution in [-0.2, 0) is 0 Å². The second kappa shape index (κ2) is 4.49. The molecule has 16 heavy (non-hydrogen) atoms. The summed E-state index contributed by atoms with van der Waals surface area (Å²) in [6.07, 6.45) is 2.52. The number of piperidine rings is 1. The summed E-state index contributed by atoms with van der Waals surface area (Å²) >= 11 is 0. The highest BCUT2D eigenvalue weighted by Gasteiger charge is 2.22. The molecular weight excluding hydrogens is 206 g/mol. The highest BCUT2D eigenvalue weighted by molar-refractivity contribution is 5.93. The van der Waals surface area contributed by atoms with Crippen LogP contribution >= 0.6 is 0 Å². The van der Waals surface area contributed by atoms with E-state index in [4.69, 9.17) is 5.73 Å². The quantitative estimate of drug-likeness (QED) is 0.713. The van der Waals surface area contributed by atoms with E-state index in [9.17, 15) is 9.90 Å². The van der Waals surface area contributed by atoms with Crippen LogP contribution < -0.4 is 5.73 Å². The molecule has 0 spiro atoms. The van der Waals surface area contributed by atoms with Gasteiger partial charge in [0.1, 0.15) is 5.69 Å². The van der Waals surface area contributed by atoms with Crippen molar-refractivity contribution in [2.24, 2.45) is 0 Å². The van der Waals surface area contributed by atoms with E-state index in [0.717, 1.165) is 0 Å². The molecule has 5 nitrogen and oxygen atoms in total. The SMILES string of the molecule is Nc1ccnc(C(=O)N2CCC(O)CC2)c1. The number of nitrogen functional groups attached to an aromatic ring is 1. The highest BCUT2D eigenvalue weighted by atomic mass is 16.3. The summed E-state index contributed by atoms with van der Waals surface area (Å²) in [5, 5.41) is 9.35. The topological polar surface area (TPSA) is 79.5 Å². The van der Waals surface area contributed by atoms with Crippen LogP contribution in [0.5, 0.6) is 0 Å². The molecule has 1 aliphatic rings. The number of amides is 1. The third-order valence-electron chi connectivity index (χ3n) is 2.75. The number of hydrogen-bond acceptors (Lipinski definition) is 4. The van der Waals surface area contributed by atoms with Crippen molar-refractivity contribution in [2.75, 3.05) is 18.8 Å². The molecule has 0 radical (unpaired) electrons. The first-order chi connectivity index (χ1) is 7.66. The van der Waals surface area contributed by atoms with Crippen LogP contribution in [0.2, 0.25) is 0 Å². The van der Waals surface area contributed by atoms with Gasteiger partial charge in [-0.05, 0) is 25.0 Å². The van der Waals surface area contributed by atoms with Gasteiger partial charge in [0.2, 0.25) is 0 Å². The molecule has 0 unspecified atom stereocenters. The van der Waals surface area contributed by atoms with E-state index < -0.39 is 0 Å². The zero-order valence-electron chi connectivity index (χ0n) is 8.97. The Kier molecular flexibility index (Phi) is 3.05. The molecular formula is C11H15N3O2. The van der Waals surface area contributed by atoms with Gasteiger partial charge in [-0.3, -0.25) is 9.78 Å². The number of aliphatic hydroxyl groups is 1. The van der Waals surface area contributed by atoms with Crippen molar-refractivity contribution in [1.29, 1.82) is 0 Å². The number of nitrogens with zero attached hydrogens (tertiary/aromatic N) is 2. The van der Waals surface area contributed by atoms with Crippen LogP contribution in [0, 0.1) is 0 Å². The van der Waals surface area contributed by atoms with E-state index in [-0.39, 0.29) is 12.0 Å².